The second-order valence-electron chi connectivity index (χ2n) is 31.4. The van der Waals surface area contributed by atoms with E-state index in [1.165, 1.54) is 190 Å². The highest BCUT2D eigenvalue weighted by Gasteiger charge is 2.25. The maximum Gasteiger partial charge on any atom is 0.489 e. The number of halogens is 1. The van der Waals surface area contributed by atoms with E-state index < -0.39 is 7.12 Å². The first kappa shape index (κ1) is 71.9. The molecule has 0 aliphatic rings. The lowest BCUT2D eigenvalue weighted by atomic mass is 9.72. The Bertz CT molecular complexity index is 8150. The Kier molecular flexibility index (Phi) is 18.1. The maximum absolute atomic E-state index is 10.2. The Morgan fingerprint density at radius 3 is 0.767 bits per heavy atom. The number of fused-ring (bicyclic) bond motifs is 22. The highest BCUT2D eigenvalue weighted by molar-refractivity contribution is 9.10. The smallest absolute Gasteiger partial charge is 0.423 e. The Balaban J connectivity index is 0.000000118. The fourth-order valence-corrected chi connectivity index (χ4v) is 19.9. The fourth-order valence-electron chi connectivity index (χ4n) is 19.6. The summed E-state index contributed by atoms with van der Waals surface area (Å²) in [4.78, 5) is 0. The molecule has 0 unspecified atom stereocenters. The van der Waals surface area contributed by atoms with Crippen LogP contribution in [-0.2, 0) is 0 Å². The first-order valence-electron chi connectivity index (χ1n) is 41.1. The van der Waals surface area contributed by atoms with Crippen LogP contribution in [0.5, 0.6) is 0 Å². The molecule has 120 heavy (non-hydrogen) atoms. The molecule has 0 aliphatic heterocycles. The summed E-state index contributed by atoms with van der Waals surface area (Å²) < 4.78 is 1.10. The van der Waals surface area contributed by atoms with Crippen molar-refractivity contribution in [1.82, 2.24) is 0 Å². The van der Waals surface area contributed by atoms with Crippen molar-refractivity contribution < 1.29 is 10.0 Å². The first-order valence-corrected chi connectivity index (χ1v) is 41.9. The maximum atomic E-state index is 10.2. The molecular formula is C116H74BBrO2. The van der Waals surface area contributed by atoms with Crippen LogP contribution in [0.15, 0.2) is 441 Å². The third-order valence-corrected chi connectivity index (χ3v) is 25.3. The van der Waals surface area contributed by atoms with Crippen LogP contribution in [0, 0.1) is 0 Å². The second-order valence-corrected chi connectivity index (χ2v) is 32.3. The van der Waals surface area contributed by atoms with Gasteiger partial charge in [-0.3, -0.25) is 0 Å². The van der Waals surface area contributed by atoms with Crippen LogP contribution in [0.25, 0.3) is 229 Å². The monoisotopic (exact) mass is 1590 g/mol. The van der Waals surface area contributed by atoms with E-state index in [4.69, 9.17) is 0 Å². The van der Waals surface area contributed by atoms with Gasteiger partial charge in [0, 0.05) is 4.47 Å². The lowest BCUT2D eigenvalue weighted by molar-refractivity contribution is 0.426. The summed E-state index contributed by atoms with van der Waals surface area (Å²) in [6.45, 7) is 0. The summed E-state index contributed by atoms with van der Waals surface area (Å²) in [7, 11) is -1.55. The largest absolute Gasteiger partial charge is 0.489 e. The van der Waals surface area contributed by atoms with E-state index in [9.17, 15) is 10.0 Å². The van der Waals surface area contributed by atoms with Gasteiger partial charge in [0.2, 0.25) is 0 Å². The molecule has 0 aromatic heterocycles. The molecule has 0 radical (unpaired) electrons. The molecule has 24 aromatic carbocycles. The van der Waals surface area contributed by atoms with E-state index in [1.807, 2.05) is 36.4 Å². The number of hydrogen-bond donors (Lipinski definition) is 2. The second kappa shape index (κ2) is 30.1. The van der Waals surface area contributed by atoms with Crippen molar-refractivity contribution in [2.24, 2.45) is 0 Å². The Morgan fingerprint density at radius 2 is 0.400 bits per heavy atom. The van der Waals surface area contributed by atoms with Gasteiger partial charge < -0.3 is 10.0 Å². The van der Waals surface area contributed by atoms with Gasteiger partial charge in [-0.1, -0.05) is 416 Å². The van der Waals surface area contributed by atoms with E-state index in [2.05, 4.69) is 416 Å². The first-order chi connectivity index (χ1) is 59.3. The van der Waals surface area contributed by atoms with Gasteiger partial charge in [-0.15, -0.1) is 0 Å². The SMILES string of the molecule is Brc1ccc(-c2cc3c4ccccc4c4ccccc4c3c3ccccc23)cc1.OB(O)c1c2ccccc2c(-c2cccc(-c3cccc4ccccc34)c2)c2ccccc12.c1cc(-c2cccc3ccccc23)cc(-c2c3ccccc3c(-c3ccc(-c4cc5c6ccccc6c6ccccc6c5c5ccccc45)cc3)c3ccccc23)c1. The summed E-state index contributed by atoms with van der Waals surface area (Å²) in [5.41, 5.74) is 17.6. The normalized spacial score (nSPS) is 11.6. The van der Waals surface area contributed by atoms with Crippen molar-refractivity contribution in [1.29, 1.82) is 0 Å². The summed E-state index contributed by atoms with van der Waals surface area (Å²) >= 11 is 3.57. The Hall–Kier alpha value is -14.6. The lowest BCUT2D eigenvalue weighted by Crippen LogP contribution is -2.31. The summed E-state index contributed by atoms with van der Waals surface area (Å²) in [6, 6.07) is 158. The zero-order valence-corrected chi connectivity index (χ0v) is 67.0. The van der Waals surface area contributed by atoms with Crippen molar-refractivity contribution in [3.8, 4) is 77.9 Å². The van der Waals surface area contributed by atoms with Crippen LogP contribution in [0.1, 0.15) is 0 Å². The highest BCUT2D eigenvalue weighted by Crippen LogP contribution is 2.49. The molecule has 0 saturated heterocycles. The highest BCUT2D eigenvalue weighted by atomic mass is 79.9. The Labute approximate surface area is 703 Å². The summed E-state index contributed by atoms with van der Waals surface area (Å²) in [5.74, 6) is 0. The predicted molar refractivity (Wildman–Crippen MR) is 520 cm³/mol. The van der Waals surface area contributed by atoms with Crippen molar-refractivity contribution in [3.05, 3.63) is 441 Å². The van der Waals surface area contributed by atoms with E-state index in [1.54, 1.807) is 0 Å². The van der Waals surface area contributed by atoms with Crippen molar-refractivity contribution >= 4 is 179 Å². The zero-order chi connectivity index (χ0) is 79.9. The minimum absolute atomic E-state index is 0.551. The van der Waals surface area contributed by atoms with Gasteiger partial charge in [0.25, 0.3) is 0 Å². The molecule has 560 valence electrons. The van der Waals surface area contributed by atoms with Crippen molar-refractivity contribution in [2.45, 2.75) is 0 Å². The quantitative estimate of drug-likeness (QED) is 0.0904. The number of hydrogen-bond acceptors (Lipinski definition) is 2. The van der Waals surface area contributed by atoms with Gasteiger partial charge in [-0.2, -0.15) is 0 Å². The molecule has 24 aromatic rings. The molecule has 0 saturated carbocycles. The zero-order valence-electron chi connectivity index (χ0n) is 65.4. The van der Waals surface area contributed by atoms with Crippen LogP contribution in [0.4, 0.5) is 0 Å². The molecule has 24 rings (SSSR count). The topological polar surface area (TPSA) is 40.5 Å². The van der Waals surface area contributed by atoms with Gasteiger partial charge in [-0.05, 0) is 271 Å². The van der Waals surface area contributed by atoms with Crippen molar-refractivity contribution in [3.63, 3.8) is 0 Å². The van der Waals surface area contributed by atoms with Crippen LogP contribution >= 0.6 is 15.9 Å². The Morgan fingerprint density at radius 1 is 0.158 bits per heavy atom. The number of benzene rings is 24. The molecule has 2 nitrogen and oxygen atoms in total. The van der Waals surface area contributed by atoms with Crippen molar-refractivity contribution in [2.75, 3.05) is 0 Å². The number of rotatable bonds is 8. The van der Waals surface area contributed by atoms with E-state index in [0.717, 1.165) is 42.7 Å². The van der Waals surface area contributed by atoms with Gasteiger partial charge in [0.05, 0.1) is 0 Å². The molecule has 2 N–H and O–H groups in total. The third-order valence-electron chi connectivity index (χ3n) is 24.8. The summed E-state index contributed by atoms with van der Waals surface area (Å²) in [6.07, 6.45) is 0. The molecule has 0 amide bonds. The average molecular weight is 1590 g/mol. The molecule has 0 heterocycles. The van der Waals surface area contributed by atoms with E-state index >= 15 is 0 Å². The molecule has 4 heteroatoms. The molecule has 0 aliphatic carbocycles. The standard InChI is InChI=1S/C58H36.C30H21BO2.C28H17Br/c1-2-19-42-37(15-1)16-14-30-43(42)40-17-13-18-41(35-40)57-52-28-11-9-26-50(52)56(51-27-10-12-29-53(51)57)39-33-31-38(32-34-39)54-36-55-46-22-4-3-20-44(46)45-21-5-7-24-48(45)58(55)49-25-8-6-23-47(49)54;32-31(33)30-27-16-5-3-14-25(27)29(26-15-4-6-17-28(26)30)22-12-7-11-21(19-22)24-18-8-10-20-9-1-2-13-23(20)24;29-19-15-13-18(14-16-19)26-17-27-22-9-2-1-7-20(22)21-8-3-5-11-24(21)28(27)25-12-6-4-10-23(25)26/h1-36H;1-19,32-33H;1-17H. The third kappa shape index (κ3) is 12.3. The molecular weight excluding hydrogens is 1520 g/mol. The summed E-state index contributed by atoms with van der Waals surface area (Å²) in [5, 5.41) is 55.1. The van der Waals surface area contributed by atoms with Crippen LogP contribution in [-0.4, -0.2) is 17.2 Å². The molecule has 0 atom stereocenters. The van der Waals surface area contributed by atoms with Crippen LogP contribution in [0.2, 0.25) is 0 Å². The minimum Gasteiger partial charge on any atom is -0.423 e. The minimum atomic E-state index is -1.55. The van der Waals surface area contributed by atoms with Gasteiger partial charge >= 0.3 is 7.12 Å². The fraction of sp³-hybridized carbons (Fsp3) is 0. The molecule has 0 bridgehead atoms. The average Bonchev–Trinajstić information content (AvgIpc) is 0.732. The predicted octanol–water partition coefficient (Wildman–Crippen LogP) is 31.3. The van der Waals surface area contributed by atoms with E-state index in [0.29, 0.717) is 5.46 Å². The molecule has 0 spiro atoms. The molecule has 0 fully saturated rings. The van der Waals surface area contributed by atoms with Gasteiger partial charge in [0.15, 0.2) is 0 Å². The van der Waals surface area contributed by atoms with Crippen LogP contribution in [0.3, 0.4) is 0 Å². The van der Waals surface area contributed by atoms with Gasteiger partial charge in [-0.25, -0.2) is 0 Å². The lowest BCUT2D eigenvalue weighted by Gasteiger charge is -2.19. The van der Waals surface area contributed by atoms with Gasteiger partial charge in [0.1, 0.15) is 0 Å². The van der Waals surface area contributed by atoms with E-state index in [-0.39, 0.29) is 0 Å². The van der Waals surface area contributed by atoms with Crippen LogP contribution < -0.4 is 5.46 Å².